The van der Waals surface area contributed by atoms with Crippen molar-refractivity contribution in [2.75, 3.05) is 0 Å². The lowest BCUT2D eigenvalue weighted by Gasteiger charge is -2.33. The van der Waals surface area contributed by atoms with E-state index >= 15 is 0 Å². The van der Waals surface area contributed by atoms with E-state index in [0.717, 1.165) is 28.1 Å². The molecule has 1 aliphatic heterocycles. The topological polar surface area (TPSA) is 91.1 Å². The number of nitrogens with zero attached hydrogens (tertiary/aromatic N) is 2. The summed E-state index contributed by atoms with van der Waals surface area (Å²) in [5.74, 6) is 0.288. The average molecular weight is 498 g/mol. The summed E-state index contributed by atoms with van der Waals surface area (Å²) in [6.07, 6.45) is 8.17. The smallest absolute Gasteiger partial charge is 0.240 e. The van der Waals surface area contributed by atoms with E-state index in [2.05, 4.69) is 29.3 Å². The van der Waals surface area contributed by atoms with Crippen molar-refractivity contribution in [3.8, 4) is 0 Å². The van der Waals surface area contributed by atoms with E-state index in [0.29, 0.717) is 31.4 Å². The molecule has 0 saturated heterocycles. The van der Waals surface area contributed by atoms with Gasteiger partial charge in [0.2, 0.25) is 10.0 Å². The van der Waals surface area contributed by atoms with Gasteiger partial charge in [-0.15, -0.1) is 0 Å². The van der Waals surface area contributed by atoms with E-state index in [1.165, 1.54) is 0 Å². The Hall–Kier alpha value is -2.35. The van der Waals surface area contributed by atoms with Gasteiger partial charge in [0.15, 0.2) is 0 Å². The second-order valence-electron chi connectivity index (χ2n) is 10.4. The monoisotopic (exact) mass is 497 g/mol. The Morgan fingerprint density at radius 1 is 1.26 bits per heavy atom. The molecular formula is C28H39N3O3S. The lowest BCUT2D eigenvalue weighted by Crippen LogP contribution is -2.42. The van der Waals surface area contributed by atoms with Gasteiger partial charge in [0, 0.05) is 41.0 Å². The SMILES string of the molecule is C=CC(=NC(=C(C)C)[C@H]1C=C(C)N=CC1C)c1cc(S(=O)(=O)NC2CCC(C)(O)CC2)ccc1C. The third-order valence-electron chi connectivity index (χ3n) is 6.94. The lowest BCUT2D eigenvalue weighted by atomic mass is 9.84. The summed E-state index contributed by atoms with van der Waals surface area (Å²) in [5.41, 5.74) is 4.59. The first-order valence-corrected chi connectivity index (χ1v) is 13.8. The van der Waals surface area contributed by atoms with Crippen LogP contribution in [-0.4, -0.2) is 37.1 Å². The number of allylic oxidation sites excluding steroid dienone is 4. The van der Waals surface area contributed by atoms with E-state index < -0.39 is 15.6 Å². The zero-order chi connectivity index (χ0) is 26.0. The van der Waals surface area contributed by atoms with Gasteiger partial charge >= 0.3 is 0 Å². The molecule has 1 heterocycles. The number of sulfonamides is 1. The van der Waals surface area contributed by atoms with Crippen LogP contribution in [0.5, 0.6) is 0 Å². The Morgan fingerprint density at radius 3 is 2.51 bits per heavy atom. The standard InChI is InChI=1S/C28H39N3O3S/c1-8-26(30-27(18(2)3)25-15-21(6)29-17-20(25)5)24-16-23(10-9-19(24)4)35(33,34)31-22-11-13-28(7,32)14-12-22/h8-10,15-17,20,22,25,31-32H,1,11-14H2,2-7H3/t20?,22?,25-,28?/m0/s1. The molecule has 0 aromatic heterocycles. The highest BCUT2D eigenvalue weighted by molar-refractivity contribution is 7.89. The maximum absolute atomic E-state index is 13.2. The second-order valence-corrected chi connectivity index (χ2v) is 12.1. The summed E-state index contributed by atoms with van der Waals surface area (Å²) in [7, 11) is -3.72. The number of aliphatic imine (C=N–C) groups is 2. The Bertz CT molecular complexity index is 1190. The van der Waals surface area contributed by atoms with Crippen LogP contribution in [0.3, 0.4) is 0 Å². The minimum atomic E-state index is -3.72. The van der Waals surface area contributed by atoms with E-state index in [1.54, 1.807) is 25.1 Å². The first kappa shape index (κ1) is 27.2. The van der Waals surface area contributed by atoms with Crippen molar-refractivity contribution in [2.45, 2.75) is 83.8 Å². The summed E-state index contributed by atoms with van der Waals surface area (Å²) >= 11 is 0. The summed E-state index contributed by atoms with van der Waals surface area (Å²) in [6, 6.07) is 4.96. The first-order valence-electron chi connectivity index (χ1n) is 12.3. The predicted molar refractivity (Wildman–Crippen MR) is 144 cm³/mol. The molecular weight excluding hydrogens is 458 g/mol. The van der Waals surface area contributed by atoms with Gasteiger partial charge in [0.25, 0.3) is 0 Å². The normalized spacial score (nSPS) is 27.3. The van der Waals surface area contributed by atoms with Gasteiger partial charge in [-0.05, 0) is 84.1 Å². The molecule has 2 aliphatic rings. The number of aliphatic hydroxyl groups is 1. The molecule has 2 N–H and O–H groups in total. The summed E-state index contributed by atoms with van der Waals surface area (Å²) in [5, 5.41) is 10.2. The van der Waals surface area contributed by atoms with Crippen LogP contribution in [0.1, 0.15) is 71.4 Å². The minimum Gasteiger partial charge on any atom is -0.390 e. The third kappa shape index (κ3) is 6.66. The van der Waals surface area contributed by atoms with Crippen molar-refractivity contribution in [3.05, 3.63) is 65.0 Å². The molecule has 0 spiro atoms. The van der Waals surface area contributed by atoms with Crippen LogP contribution in [-0.2, 0) is 10.0 Å². The molecule has 0 amide bonds. The fourth-order valence-corrected chi connectivity index (χ4v) is 6.00. The van der Waals surface area contributed by atoms with E-state index in [-0.39, 0.29) is 22.8 Å². The number of nitrogens with one attached hydrogen (secondary N) is 1. The average Bonchev–Trinajstić information content (AvgIpc) is 2.78. The zero-order valence-electron chi connectivity index (χ0n) is 21.8. The van der Waals surface area contributed by atoms with Crippen molar-refractivity contribution in [1.82, 2.24) is 4.72 Å². The predicted octanol–water partition coefficient (Wildman–Crippen LogP) is 5.48. The number of hydrogen-bond acceptors (Lipinski definition) is 5. The second kappa shape index (κ2) is 10.7. The van der Waals surface area contributed by atoms with Gasteiger partial charge in [0.05, 0.1) is 16.2 Å². The molecule has 7 heteroatoms. The quantitative estimate of drug-likeness (QED) is 0.489. The van der Waals surface area contributed by atoms with Crippen LogP contribution in [0.2, 0.25) is 0 Å². The van der Waals surface area contributed by atoms with Gasteiger partial charge in [0.1, 0.15) is 0 Å². The van der Waals surface area contributed by atoms with Gasteiger partial charge in [-0.2, -0.15) is 0 Å². The maximum atomic E-state index is 13.2. The maximum Gasteiger partial charge on any atom is 0.240 e. The van der Waals surface area contributed by atoms with Crippen LogP contribution in [0.25, 0.3) is 0 Å². The van der Waals surface area contributed by atoms with Crippen molar-refractivity contribution in [3.63, 3.8) is 0 Å². The lowest BCUT2D eigenvalue weighted by molar-refractivity contribution is 0.0163. The Morgan fingerprint density at radius 2 is 1.91 bits per heavy atom. The molecule has 1 fully saturated rings. The molecule has 1 aromatic rings. The largest absolute Gasteiger partial charge is 0.390 e. The molecule has 2 atom stereocenters. The molecule has 0 bridgehead atoms. The van der Waals surface area contributed by atoms with Crippen LogP contribution in [0, 0.1) is 18.8 Å². The fourth-order valence-electron chi connectivity index (χ4n) is 4.66. The Balaban J connectivity index is 1.95. The van der Waals surface area contributed by atoms with Crippen LogP contribution < -0.4 is 4.72 Å². The zero-order valence-corrected chi connectivity index (χ0v) is 22.6. The minimum absolute atomic E-state index is 0.0878. The molecule has 1 unspecified atom stereocenters. The van der Waals surface area contributed by atoms with Crippen molar-refractivity contribution in [1.29, 1.82) is 0 Å². The first-order chi connectivity index (χ1) is 16.3. The van der Waals surface area contributed by atoms with E-state index in [1.807, 2.05) is 40.0 Å². The van der Waals surface area contributed by atoms with Gasteiger partial charge in [-0.25, -0.2) is 13.1 Å². The van der Waals surface area contributed by atoms with Crippen LogP contribution in [0.15, 0.2) is 68.8 Å². The molecule has 6 nitrogen and oxygen atoms in total. The molecule has 3 rings (SSSR count). The highest BCUT2D eigenvalue weighted by atomic mass is 32.2. The molecule has 35 heavy (non-hydrogen) atoms. The Kier molecular flexibility index (Phi) is 8.35. The molecule has 1 saturated carbocycles. The third-order valence-corrected chi connectivity index (χ3v) is 8.46. The van der Waals surface area contributed by atoms with Crippen LogP contribution >= 0.6 is 0 Å². The van der Waals surface area contributed by atoms with E-state index in [4.69, 9.17) is 4.99 Å². The van der Waals surface area contributed by atoms with Crippen LogP contribution in [0.4, 0.5) is 0 Å². The fraction of sp³-hybridized carbons (Fsp3) is 0.500. The molecule has 0 radical (unpaired) electrons. The summed E-state index contributed by atoms with van der Waals surface area (Å²) < 4.78 is 29.3. The summed E-state index contributed by atoms with van der Waals surface area (Å²) in [6.45, 7) is 15.9. The highest BCUT2D eigenvalue weighted by Gasteiger charge is 2.31. The molecule has 190 valence electrons. The van der Waals surface area contributed by atoms with Crippen molar-refractivity contribution >= 4 is 21.9 Å². The van der Waals surface area contributed by atoms with E-state index in [9.17, 15) is 13.5 Å². The highest BCUT2D eigenvalue weighted by Crippen LogP contribution is 2.31. The Labute approximate surface area is 210 Å². The van der Waals surface area contributed by atoms with Crippen molar-refractivity contribution < 1.29 is 13.5 Å². The van der Waals surface area contributed by atoms with Gasteiger partial charge in [-0.1, -0.05) is 31.2 Å². The van der Waals surface area contributed by atoms with Crippen molar-refractivity contribution in [2.24, 2.45) is 21.8 Å². The number of hydrogen-bond donors (Lipinski definition) is 2. The van der Waals surface area contributed by atoms with Gasteiger partial charge < -0.3 is 5.11 Å². The number of aryl methyl sites for hydroxylation is 1. The number of benzene rings is 1. The molecule has 1 aromatic carbocycles. The number of rotatable bonds is 7. The van der Waals surface area contributed by atoms with Gasteiger partial charge in [-0.3, -0.25) is 9.98 Å². The summed E-state index contributed by atoms with van der Waals surface area (Å²) in [4.78, 5) is 9.65. The molecule has 1 aliphatic carbocycles.